The number of rotatable bonds is 8. The molecule has 108 valence electrons. The zero-order valence-corrected chi connectivity index (χ0v) is 12.4. The minimum absolute atomic E-state index is 0.268. The van der Waals surface area contributed by atoms with Gasteiger partial charge in [0.1, 0.15) is 5.75 Å². The summed E-state index contributed by atoms with van der Waals surface area (Å²) >= 11 is 0. The summed E-state index contributed by atoms with van der Waals surface area (Å²) < 4.78 is 0. The van der Waals surface area contributed by atoms with Gasteiger partial charge in [-0.2, -0.15) is 0 Å². The summed E-state index contributed by atoms with van der Waals surface area (Å²) in [5.41, 5.74) is 3.06. The lowest BCUT2D eigenvalue weighted by Crippen LogP contribution is -2.23. The Morgan fingerprint density at radius 2 is 1.79 bits per heavy atom. The zero-order valence-electron chi connectivity index (χ0n) is 12.4. The summed E-state index contributed by atoms with van der Waals surface area (Å²) in [6.07, 6.45) is 3.18. The van der Waals surface area contributed by atoms with Gasteiger partial charge in [-0.25, -0.2) is 0 Å². The standard InChI is InChI=1S/C16H27NO2/c1-4-5-14(6-7-18)10-17-11-15-8-12(2)16(19)13(3)9-15/h8-9,14,17-19H,4-7,10-11H2,1-3H3. The number of benzene rings is 1. The lowest BCUT2D eigenvalue weighted by molar-refractivity contribution is 0.248. The Balaban J connectivity index is 2.48. The molecule has 0 heterocycles. The lowest BCUT2D eigenvalue weighted by Gasteiger charge is -2.16. The normalized spacial score (nSPS) is 12.6. The molecule has 0 saturated heterocycles. The molecular weight excluding hydrogens is 238 g/mol. The van der Waals surface area contributed by atoms with Crippen LogP contribution in [0.15, 0.2) is 12.1 Å². The maximum atomic E-state index is 9.74. The predicted molar refractivity (Wildman–Crippen MR) is 79.4 cm³/mol. The molecule has 3 nitrogen and oxygen atoms in total. The average molecular weight is 265 g/mol. The molecule has 1 unspecified atom stereocenters. The quantitative estimate of drug-likeness (QED) is 0.677. The Bertz CT molecular complexity index is 361. The summed E-state index contributed by atoms with van der Waals surface area (Å²) in [6, 6.07) is 4.05. The lowest BCUT2D eigenvalue weighted by atomic mass is 10.00. The number of aromatic hydroxyl groups is 1. The maximum Gasteiger partial charge on any atom is 0.121 e. The highest BCUT2D eigenvalue weighted by molar-refractivity contribution is 5.42. The molecule has 0 radical (unpaired) electrons. The van der Waals surface area contributed by atoms with Gasteiger partial charge >= 0.3 is 0 Å². The van der Waals surface area contributed by atoms with E-state index >= 15 is 0 Å². The van der Waals surface area contributed by atoms with Crippen LogP contribution in [0.4, 0.5) is 0 Å². The molecule has 0 aliphatic carbocycles. The van der Waals surface area contributed by atoms with E-state index in [2.05, 4.69) is 12.2 Å². The van der Waals surface area contributed by atoms with Gasteiger partial charge in [0, 0.05) is 13.2 Å². The van der Waals surface area contributed by atoms with E-state index in [1.165, 1.54) is 5.56 Å². The number of phenolic OH excluding ortho intramolecular Hbond substituents is 1. The van der Waals surface area contributed by atoms with Crippen molar-refractivity contribution < 1.29 is 10.2 Å². The minimum Gasteiger partial charge on any atom is -0.507 e. The monoisotopic (exact) mass is 265 g/mol. The summed E-state index contributed by atoms with van der Waals surface area (Å²) in [4.78, 5) is 0. The van der Waals surface area contributed by atoms with Crippen molar-refractivity contribution in [2.24, 2.45) is 5.92 Å². The van der Waals surface area contributed by atoms with Gasteiger partial charge < -0.3 is 15.5 Å². The average Bonchev–Trinajstić information content (AvgIpc) is 2.36. The number of aryl methyl sites for hydroxylation is 2. The third-order valence-electron chi connectivity index (χ3n) is 3.55. The number of hydrogen-bond donors (Lipinski definition) is 3. The smallest absolute Gasteiger partial charge is 0.121 e. The Morgan fingerprint density at radius 1 is 1.16 bits per heavy atom. The third-order valence-corrected chi connectivity index (χ3v) is 3.55. The van der Waals surface area contributed by atoms with Gasteiger partial charge in [0.15, 0.2) is 0 Å². The molecule has 0 bridgehead atoms. The number of hydrogen-bond acceptors (Lipinski definition) is 3. The second-order valence-corrected chi connectivity index (χ2v) is 5.38. The fraction of sp³-hybridized carbons (Fsp3) is 0.625. The molecule has 1 rings (SSSR count). The topological polar surface area (TPSA) is 52.5 Å². The van der Waals surface area contributed by atoms with Gasteiger partial charge in [-0.15, -0.1) is 0 Å². The first-order valence-electron chi connectivity index (χ1n) is 7.19. The van der Waals surface area contributed by atoms with Crippen molar-refractivity contribution in [3.05, 3.63) is 28.8 Å². The molecule has 0 saturated carbocycles. The van der Waals surface area contributed by atoms with Crippen molar-refractivity contribution in [1.29, 1.82) is 0 Å². The number of nitrogens with one attached hydrogen (secondary N) is 1. The highest BCUT2D eigenvalue weighted by Crippen LogP contribution is 2.22. The molecule has 0 aliphatic heterocycles. The van der Waals surface area contributed by atoms with E-state index < -0.39 is 0 Å². The largest absolute Gasteiger partial charge is 0.507 e. The first kappa shape index (κ1) is 16.0. The van der Waals surface area contributed by atoms with E-state index in [1.54, 1.807) is 0 Å². The predicted octanol–water partition coefficient (Wildman–Crippen LogP) is 2.90. The van der Waals surface area contributed by atoms with E-state index in [0.29, 0.717) is 11.7 Å². The van der Waals surface area contributed by atoms with Crippen LogP contribution in [-0.4, -0.2) is 23.4 Å². The second kappa shape index (κ2) is 8.18. The summed E-state index contributed by atoms with van der Waals surface area (Å²) in [6.45, 7) is 8.05. The van der Waals surface area contributed by atoms with E-state index in [4.69, 9.17) is 5.11 Å². The van der Waals surface area contributed by atoms with Gasteiger partial charge in [-0.05, 0) is 55.8 Å². The number of aliphatic hydroxyl groups excluding tert-OH is 1. The number of aliphatic hydroxyl groups is 1. The zero-order chi connectivity index (χ0) is 14.3. The van der Waals surface area contributed by atoms with Crippen LogP contribution < -0.4 is 5.32 Å². The highest BCUT2D eigenvalue weighted by Gasteiger charge is 2.07. The van der Waals surface area contributed by atoms with E-state index in [-0.39, 0.29) is 6.61 Å². The first-order valence-corrected chi connectivity index (χ1v) is 7.19. The summed E-state index contributed by atoms with van der Waals surface area (Å²) in [7, 11) is 0. The Kier molecular flexibility index (Phi) is 6.89. The molecule has 0 spiro atoms. The van der Waals surface area contributed by atoms with Gasteiger partial charge in [0.25, 0.3) is 0 Å². The maximum absolute atomic E-state index is 9.74. The summed E-state index contributed by atoms with van der Waals surface area (Å²) in [5, 5.41) is 22.2. The van der Waals surface area contributed by atoms with Crippen LogP contribution in [0.25, 0.3) is 0 Å². The first-order chi connectivity index (χ1) is 9.08. The fourth-order valence-electron chi connectivity index (χ4n) is 2.51. The molecule has 1 atom stereocenters. The molecule has 3 N–H and O–H groups in total. The van der Waals surface area contributed by atoms with Gasteiger partial charge in [0.2, 0.25) is 0 Å². The van der Waals surface area contributed by atoms with E-state index in [1.807, 2.05) is 26.0 Å². The highest BCUT2D eigenvalue weighted by atomic mass is 16.3. The van der Waals surface area contributed by atoms with Crippen LogP contribution in [0.5, 0.6) is 5.75 Å². The van der Waals surface area contributed by atoms with Crippen LogP contribution in [0.1, 0.15) is 42.9 Å². The molecule has 19 heavy (non-hydrogen) atoms. The van der Waals surface area contributed by atoms with Crippen molar-refractivity contribution in [2.45, 2.75) is 46.6 Å². The van der Waals surface area contributed by atoms with Crippen LogP contribution >= 0.6 is 0 Å². The van der Waals surface area contributed by atoms with Crippen molar-refractivity contribution in [2.75, 3.05) is 13.2 Å². The molecule has 0 aliphatic rings. The van der Waals surface area contributed by atoms with Crippen molar-refractivity contribution in [3.8, 4) is 5.75 Å². The molecular formula is C16H27NO2. The Morgan fingerprint density at radius 3 is 2.32 bits per heavy atom. The fourth-order valence-corrected chi connectivity index (χ4v) is 2.51. The minimum atomic E-state index is 0.268. The summed E-state index contributed by atoms with van der Waals surface area (Å²) in [5.74, 6) is 0.946. The molecule has 1 aromatic carbocycles. The van der Waals surface area contributed by atoms with Crippen LogP contribution in [0.3, 0.4) is 0 Å². The van der Waals surface area contributed by atoms with Gasteiger partial charge in [0.05, 0.1) is 0 Å². The molecule has 1 aromatic rings. The van der Waals surface area contributed by atoms with E-state index in [9.17, 15) is 5.11 Å². The number of phenols is 1. The Hall–Kier alpha value is -1.06. The van der Waals surface area contributed by atoms with Crippen LogP contribution in [0, 0.1) is 19.8 Å². The van der Waals surface area contributed by atoms with Gasteiger partial charge in [-0.1, -0.05) is 25.5 Å². The SMILES string of the molecule is CCCC(CCO)CNCc1cc(C)c(O)c(C)c1. The van der Waals surface area contributed by atoms with Crippen molar-refractivity contribution >= 4 is 0 Å². The van der Waals surface area contributed by atoms with Crippen LogP contribution in [0.2, 0.25) is 0 Å². The second-order valence-electron chi connectivity index (χ2n) is 5.38. The van der Waals surface area contributed by atoms with Crippen molar-refractivity contribution in [1.82, 2.24) is 5.32 Å². The van der Waals surface area contributed by atoms with Crippen LogP contribution in [-0.2, 0) is 6.54 Å². The molecule has 0 amide bonds. The van der Waals surface area contributed by atoms with E-state index in [0.717, 1.165) is 43.5 Å². The molecule has 0 aromatic heterocycles. The Labute approximate surface area is 116 Å². The van der Waals surface area contributed by atoms with Crippen molar-refractivity contribution in [3.63, 3.8) is 0 Å². The van der Waals surface area contributed by atoms with Gasteiger partial charge in [-0.3, -0.25) is 0 Å². The molecule has 0 fully saturated rings. The molecule has 3 heteroatoms. The third kappa shape index (κ3) is 5.21.